The number of fused-ring (bicyclic) bond motifs is 1. The van der Waals surface area contributed by atoms with E-state index in [4.69, 9.17) is 0 Å². The summed E-state index contributed by atoms with van der Waals surface area (Å²) >= 11 is 0. The van der Waals surface area contributed by atoms with E-state index < -0.39 is 0 Å². The molecule has 2 aromatic carbocycles. The molecule has 0 saturated carbocycles. The Labute approximate surface area is 169 Å². The number of carbonyl (C=O) groups is 1. The summed E-state index contributed by atoms with van der Waals surface area (Å²) in [5.74, 6) is 6.39. The van der Waals surface area contributed by atoms with Crippen molar-refractivity contribution in [2.45, 2.75) is 46.1 Å². The fourth-order valence-electron chi connectivity index (χ4n) is 3.28. The van der Waals surface area contributed by atoms with Gasteiger partial charge in [-0.2, -0.15) is 0 Å². The molecule has 0 fully saturated rings. The molecule has 0 aliphatic heterocycles. The molecule has 0 aliphatic rings. The first kappa shape index (κ1) is 21.7. The molecule has 0 aliphatic carbocycles. The molecule has 1 atom stereocenters. The maximum Gasteiger partial charge on any atom is 0.223 e. The first-order valence-corrected chi connectivity index (χ1v) is 10.3. The van der Waals surface area contributed by atoms with Gasteiger partial charge >= 0.3 is 0 Å². The maximum atomic E-state index is 11.9. The lowest BCUT2D eigenvalue weighted by Gasteiger charge is -2.15. The standard InChI is InChI=1S/C25H32N2O/c1-4-21(5-2)25(28)27-19-12-8-6-7-11-18-26-20(3)23-17-13-15-22-14-9-10-16-24(22)23/h7,9-11,13-17,20-21,26H,4-5,12,18-19H2,1-3H3,(H,27,28)/b11-7+/t20-/m1/s1. The van der Waals surface area contributed by atoms with E-state index in [2.05, 4.69) is 71.9 Å². The molecule has 0 radical (unpaired) electrons. The monoisotopic (exact) mass is 376 g/mol. The van der Waals surface area contributed by atoms with Crippen molar-refractivity contribution in [1.29, 1.82) is 0 Å². The highest BCUT2D eigenvalue weighted by Crippen LogP contribution is 2.23. The zero-order valence-corrected chi connectivity index (χ0v) is 17.3. The summed E-state index contributed by atoms with van der Waals surface area (Å²) in [7, 11) is 0. The van der Waals surface area contributed by atoms with E-state index in [1.54, 1.807) is 0 Å². The Morgan fingerprint density at radius 2 is 1.86 bits per heavy atom. The van der Waals surface area contributed by atoms with Crippen LogP contribution in [0.25, 0.3) is 10.8 Å². The summed E-state index contributed by atoms with van der Waals surface area (Å²) < 4.78 is 0. The highest BCUT2D eigenvalue weighted by molar-refractivity contribution is 5.86. The number of hydrogen-bond donors (Lipinski definition) is 2. The van der Waals surface area contributed by atoms with Gasteiger partial charge in [0.25, 0.3) is 0 Å². The van der Waals surface area contributed by atoms with Crippen LogP contribution < -0.4 is 10.6 Å². The number of hydrogen-bond acceptors (Lipinski definition) is 2. The minimum absolute atomic E-state index is 0.127. The van der Waals surface area contributed by atoms with Crippen LogP contribution in [0.5, 0.6) is 0 Å². The topological polar surface area (TPSA) is 41.1 Å². The quantitative estimate of drug-likeness (QED) is 0.478. The second-order valence-electron chi connectivity index (χ2n) is 6.98. The summed E-state index contributed by atoms with van der Waals surface area (Å²) in [6.45, 7) is 7.67. The summed E-state index contributed by atoms with van der Waals surface area (Å²) in [6.07, 6.45) is 6.38. The summed E-state index contributed by atoms with van der Waals surface area (Å²) in [4.78, 5) is 11.9. The minimum Gasteiger partial charge on any atom is -0.355 e. The Hall–Kier alpha value is -2.57. The van der Waals surface area contributed by atoms with Crippen LogP contribution in [0.3, 0.4) is 0 Å². The molecule has 28 heavy (non-hydrogen) atoms. The summed E-state index contributed by atoms with van der Waals surface area (Å²) in [5, 5.41) is 9.04. The molecule has 2 aromatic rings. The van der Waals surface area contributed by atoms with E-state index in [1.165, 1.54) is 16.3 Å². The number of carbonyl (C=O) groups excluding carboxylic acids is 1. The third-order valence-electron chi connectivity index (χ3n) is 5.04. The molecule has 0 unspecified atom stereocenters. The van der Waals surface area contributed by atoms with Gasteiger partial charge in [0.1, 0.15) is 0 Å². The zero-order chi connectivity index (χ0) is 20.2. The molecular formula is C25H32N2O. The Kier molecular flexibility index (Phi) is 9.31. The normalized spacial score (nSPS) is 12.1. The Morgan fingerprint density at radius 1 is 1.11 bits per heavy atom. The Morgan fingerprint density at radius 3 is 2.64 bits per heavy atom. The Bertz CT molecular complexity index is 835. The fourth-order valence-corrected chi connectivity index (χ4v) is 3.28. The van der Waals surface area contributed by atoms with Gasteiger partial charge in [0.05, 0.1) is 0 Å². The molecule has 1 amide bonds. The van der Waals surface area contributed by atoms with Crippen LogP contribution in [0.15, 0.2) is 54.6 Å². The number of amides is 1. The smallest absolute Gasteiger partial charge is 0.223 e. The predicted octanol–water partition coefficient (Wildman–Crippen LogP) is 4.99. The number of allylic oxidation sites excluding steroid dienone is 1. The molecule has 0 heterocycles. The van der Waals surface area contributed by atoms with Gasteiger partial charge in [0.15, 0.2) is 0 Å². The highest BCUT2D eigenvalue weighted by Gasteiger charge is 2.12. The molecule has 148 valence electrons. The molecular weight excluding hydrogens is 344 g/mol. The molecule has 0 saturated heterocycles. The van der Waals surface area contributed by atoms with E-state index in [-0.39, 0.29) is 17.9 Å². The Balaban J connectivity index is 1.71. The SMILES string of the molecule is CCC(CC)C(=O)NCCC#C/C=C/CN[C@H](C)c1cccc2ccccc12. The number of nitrogens with one attached hydrogen (secondary N) is 2. The van der Waals surface area contributed by atoms with Gasteiger partial charge in [0.2, 0.25) is 5.91 Å². The van der Waals surface area contributed by atoms with E-state index in [1.807, 2.05) is 26.0 Å². The first-order chi connectivity index (χ1) is 13.7. The maximum absolute atomic E-state index is 11.9. The number of rotatable bonds is 9. The van der Waals surface area contributed by atoms with Crippen LogP contribution in [-0.2, 0) is 4.79 Å². The zero-order valence-electron chi connectivity index (χ0n) is 17.3. The van der Waals surface area contributed by atoms with Crippen molar-refractivity contribution in [1.82, 2.24) is 10.6 Å². The van der Waals surface area contributed by atoms with E-state index in [9.17, 15) is 4.79 Å². The van der Waals surface area contributed by atoms with Crippen molar-refractivity contribution in [2.75, 3.05) is 13.1 Å². The molecule has 0 bridgehead atoms. The predicted molar refractivity (Wildman–Crippen MR) is 119 cm³/mol. The van der Waals surface area contributed by atoms with E-state index >= 15 is 0 Å². The van der Waals surface area contributed by atoms with Gasteiger partial charge in [-0.05, 0) is 42.2 Å². The van der Waals surface area contributed by atoms with Gasteiger partial charge in [-0.15, -0.1) is 0 Å². The van der Waals surface area contributed by atoms with Gasteiger partial charge in [-0.1, -0.05) is 74.2 Å². The van der Waals surface area contributed by atoms with Crippen molar-refractivity contribution < 1.29 is 4.79 Å². The van der Waals surface area contributed by atoms with Crippen LogP contribution in [0.2, 0.25) is 0 Å². The van der Waals surface area contributed by atoms with Crippen molar-refractivity contribution in [3.63, 3.8) is 0 Å². The lowest BCUT2D eigenvalue weighted by Crippen LogP contribution is -2.30. The van der Waals surface area contributed by atoms with Crippen molar-refractivity contribution >= 4 is 16.7 Å². The van der Waals surface area contributed by atoms with Crippen LogP contribution in [0.4, 0.5) is 0 Å². The van der Waals surface area contributed by atoms with Crippen molar-refractivity contribution in [3.05, 3.63) is 60.2 Å². The average molecular weight is 377 g/mol. The number of benzene rings is 2. The van der Waals surface area contributed by atoms with E-state index in [0.29, 0.717) is 13.0 Å². The lowest BCUT2D eigenvalue weighted by atomic mass is 10.00. The average Bonchev–Trinajstić information content (AvgIpc) is 2.72. The molecule has 2 N–H and O–H groups in total. The minimum atomic E-state index is 0.127. The first-order valence-electron chi connectivity index (χ1n) is 10.3. The van der Waals surface area contributed by atoms with Crippen molar-refractivity contribution in [3.8, 4) is 11.8 Å². The van der Waals surface area contributed by atoms with Crippen LogP contribution in [0.1, 0.15) is 51.6 Å². The molecule has 2 rings (SSSR count). The van der Waals surface area contributed by atoms with Crippen LogP contribution in [0, 0.1) is 17.8 Å². The molecule has 0 spiro atoms. The highest BCUT2D eigenvalue weighted by atomic mass is 16.1. The molecule has 3 nitrogen and oxygen atoms in total. The van der Waals surface area contributed by atoms with Crippen LogP contribution >= 0.6 is 0 Å². The largest absolute Gasteiger partial charge is 0.355 e. The summed E-state index contributed by atoms with van der Waals surface area (Å²) in [5.41, 5.74) is 1.31. The van der Waals surface area contributed by atoms with Gasteiger partial charge in [0, 0.05) is 31.5 Å². The van der Waals surface area contributed by atoms with Crippen LogP contribution in [-0.4, -0.2) is 19.0 Å². The second kappa shape index (κ2) is 12.0. The van der Waals surface area contributed by atoms with Gasteiger partial charge < -0.3 is 10.6 Å². The molecule has 3 heteroatoms. The van der Waals surface area contributed by atoms with Crippen molar-refractivity contribution in [2.24, 2.45) is 5.92 Å². The summed E-state index contributed by atoms with van der Waals surface area (Å²) in [6, 6.07) is 15.2. The molecule has 0 aromatic heterocycles. The second-order valence-corrected chi connectivity index (χ2v) is 6.98. The van der Waals surface area contributed by atoms with Gasteiger partial charge in [-0.25, -0.2) is 0 Å². The third-order valence-corrected chi connectivity index (χ3v) is 5.04. The van der Waals surface area contributed by atoms with Gasteiger partial charge in [-0.3, -0.25) is 4.79 Å². The third kappa shape index (κ3) is 6.55. The van der Waals surface area contributed by atoms with E-state index in [0.717, 1.165) is 19.4 Å². The fraction of sp³-hybridized carbons (Fsp3) is 0.400. The lowest BCUT2D eigenvalue weighted by molar-refractivity contribution is -0.125.